The molecule has 0 unspecified atom stereocenters. The number of aromatic hydroxyl groups is 1. The molecule has 2 aromatic carbocycles. The summed E-state index contributed by atoms with van der Waals surface area (Å²) in [4.78, 5) is 25.7. The maximum atomic E-state index is 14.0. The molecule has 0 amide bonds. The number of carbonyl (C=O) groups is 2. The molecule has 3 rings (SSSR count). The van der Waals surface area contributed by atoms with E-state index in [2.05, 4.69) is 4.98 Å². The van der Waals surface area contributed by atoms with E-state index < -0.39 is 58.9 Å². The Morgan fingerprint density at radius 3 is 2.31 bits per heavy atom. The molecule has 4 N–H and O–H groups in total. The van der Waals surface area contributed by atoms with Crippen molar-refractivity contribution in [2.75, 3.05) is 0 Å². The highest BCUT2D eigenvalue weighted by Gasteiger charge is 2.40. The van der Waals surface area contributed by atoms with Crippen LogP contribution >= 0.6 is 0 Å². The molecule has 0 atom stereocenters. The number of halogens is 4. The lowest BCUT2D eigenvalue weighted by atomic mass is 9.97. The van der Waals surface area contributed by atoms with E-state index in [-0.39, 0.29) is 17.8 Å². The predicted molar refractivity (Wildman–Crippen MR) is 121 cm³/mol. The third-order valence-corrected chi connectivity index (χ3v) is 4.87. The monoisotopic (exact) mass is 511 g/mol. The van der Waals surface area contributed by atoms with E-state index in [0.29, 0.717) is 5.56 Å². The molecule has 0 fully saturated rings. The van der Waals surface area contributed by atoms with Crippen LogP contribution in [-0.2, 0) is 26.4 Å². The number of carbonyl (C=O) groups excluding carboxylic acids is 1. The van der Waals surface area contributed by atoms with E-state index in [1.165, 1.54) is 44.6 Å². The fourth-order valence-corrected chi connectivity index (χ4v) is 2.99. The SMILES string of the molecule is CC(C)C(=O)c1ccc(OCc2ccc(CN)cc2F)c(C(F)(F)F)c1O.Cn1cnc(C(=O)O)c1. The number of hydrogen-bond donors (Lipinski definition) is 3. The first-order valence-corrected chi connectivity index (χ1v) is 10.5. The molecule has 1 heterocycles. The van der Waals surface area contributed by atoms with Crippen LogP contribution in [0.3, 0.4) is 0 Å². The summed E-state index contributed by atoms with van der Waals surface area (Å²) in [5.41, 5.74) is 4.13. The third kappa shape index (κ3) is 7.04. The van der Waals surface area contributed by atoms with Gasteiger partial charge in [0.2, 0.25) is 0 Å². The van der Waals surface area contributed by atoms with Gasteiger partial charge in [0.05, 0.1) is 11.9 Å². The molecule has 8 nitrogen and oxygen atoms in total. The summed E-state index contributed by atoms with van der Waals surface area (Å²) in [7, 11) is 1.72. The van der Waals surface area contributed by atoms with Crippen LogP contribution in [0.25, 0.3) is 0 Å². The summed E-state index contributed by atoms with van der Waals surface area (Å²) in [6.07, 6.45) is -2.07. The van der Waals surface area contributed by atoms with Gasteiger partial charge >= 0.3 is 12.1 Å². The predicted octanol–water partition coefficient (Wildman–Crippen LogP) is 4.54. The van der Waals surface area contributed by atoms with Gasteiger partial charge in [-0.25, -0.2) is 14.2 Å². The number of benzene rings is 2. The number of ketones is 1. The molecule has 0 saturated heterocycles. The Bertz CT molecular complexity index is 1240. The summed E-state index contributed by atoms with van der Waals surface area (Å²) in [5.74, 6) is -4.77. The van der Waals surface area contributed by atoms with Crippen molar-refractivity contribution in [3.8, 4) is 11.5 Å². The number of alkyl halides is 3. The van der Waals surface area contributed by atoms with Crippen molar-refractivity contribution in [2.24, 2.45) is 18.7 Å². The lowest BCUT2D eigenvalue weighted by molar-refractivity contribution is -0.140. The molecule has 0 bridgehead atoms. The lowest BCUT2D eigenvalue weighted by Gasteiger charge is -2.18. The summed E-state index contributed by atoms with van der Waals surface area (Å²) in [6.45, 7) is 2.65. The minimum atomic E-state index is -4.96. The van der Waals surface area contributed by atoms with Crippen molar-refractivity contribution in [2.45, 2.75) is 33.2 Å². The number of aromatic carboxylic acids is 1. The van der Waals surface area contributed by atoms with Gasteiger partial charge in [-0.1, -0.05) is 26.0 Å². The standard InChI is InChI=1S/C19H19F4NO3.C5H6N2O2/c1-10(2)17(25)13-5-6-15(16(18(13)26)19(21,22)23)27-9-12-4-3-11(8-24)7-14(12)20;1-7-2-4(5(8)9)6-3-7/h3-7,10,26H,8-9,24H2,1-2H3;2-3H,1H3,(H,8,9). The molecular weight excluding hydrogens is 486 g/mol. The minimum absolute atomic E-state index is 0.0298. The Morgan fingerprint density at radius 1 is 1.19 bits per heavy atom. The van der Waals surface area contributed by atoms with Gasteiger partial charge in [0.1, 0.15) is 29.5 Å². The average molecular weight is 511 g/mol. The van der Waals surface area contributed by atoms with Crippen molar-refractivity contribution in [3.05, 3.63) is 76.6 Å². The molecular formula is C24H25F4N3O5. The number of Topliss-reactive ketones (excluding diaryl/α,β-unsaturated/α-hetero) is 1. The van der Waals surface area contributed by atoms with Crippen LogP contribution in [0, 0.1) is 11.7 Å². The number of nitrogens with zero attached hydrogens (tertiary/aromatic N) is 2. The molecule has 3 aromatic rings. The number of carboxylic acids is 1. The fourth-order valence-electron chi connectivity index (χ4n) is 2.99. The Labute approximate surface area is 204 Å². The van der Waals surface area contributed by atoms with Crippen LogP contribution in [0.15, 0.2) is 42.9 Å². The number of carboxylic acid groups (broad SMARTS) is 1. The first-order valence-electron chi connectivity index (χ1n) is 10.5. The van der Waals surface area contributed by atoms with Crippen molar-refractivity contribution in [1.82, 2.24) is 9.55 Å². The summed E-state index contributed by atoms with van der Waals surface area (Å²) >= 11 is 0. The van der Waals surface area contributed by atoms with Crippen LogP contribution in [0.2, 0.25) is 0 Å². The highest BCUT2D eigenvalue weighted by atomic mass is 19.4. The second-order valence-electron chi connectivity index (χ2n) is 8.00. The number of aromatic nitrogens is 2. The zero-order chi connectivity index (χ0) is 27.2. The van der Waals surface area contributed by atoms with Gasteiger partial charge in [0.15, 0.2) is 11.5 Å². The van der Waals surface area contributed by atoms with E-state index in [0.717, 1.165) is 12.1 Å². The Morgan fingerprint density at radius 2 is 1.86 bits per heavy atom. The molecule has 0 aliphatic heterocycles. The smallest absolute Gasteiger partial charge is 0.423 e. The quantitative estimate of drug-likeness (QED) is 0.314. The van der Waals surface area contributed by atoms with Crippen molar-refractivity contribution < 1.29 is 42.1 Å². The molecule has 0 aliphatic carbocycles. The molecule has 36 heavy (non-hydrogen) atoms. The second-order valence-corrected chi connectivity index (χ2v) is 8.00. The van der Waals surface area contributed by atoms with Gasteiger partial charge in [0, 0.05) is 31.3 Å². The maximum absolute atomic E-state index is 14.0. The van der Waals surface area contributed by atoms with E-state index >= 15 is 0 Å². The first-order chi connectivity index (χ1) is 16.8. The second kappa shape index (κ2) is 11.7. The Kier molecular flexibility index (Phi) is 9.17. The first kappa shape index (κ1) is 28.3. The summed E-state index contributed by atoms with van der Waals surface area (Å²) in [6, 6.07) is 6.08. The summed E-state index contributed by atoms with van der Waals surface area (Å²) < 4.78 is 60.9. The van der Waals surface area contributed by atoms with Crippen LogP contribution in [0.4, 0.5) is 17.6 Å². The van der Waals surface area contributed by atoms with Crippen LogP contribution < -0.4 is 10.5 Å². The average Bonchev–Trinajstić information content (AvgIpc) is 3.24. The topological polar surface area (TPSA) is 128 Å². The zero-order valence-electron chi connectivity index (χ0n) is 19.6. The van der Waals surface area contributed by atoms with Gasteiger partial charge in [0.25, 0.3) is 0 Å². The Hall–Kier alpha value is -3.93. The van der Waals surface area contributed by atoms with E-state index in [1.54, 1.807) is 11.6 Å². The molecule has 0 spiro atoms. The van der Waals surface area contributed by atoms with E-state index in [4.69, 9.17) is 15.6 Å². The number of imidazole rings is 1. The van der Waals surface area contributed by atoms with Gasteiger partial charge in [-0.05, 0) is 23.8 Å². The van der Waals surface area contributed by atoms with E-state index in [9.17, 15) is 32.3 Å². The number of rotatable bonds is 7. The highest BCUT2D eigenvalue weighted by Crippen LogP contribution is 2.44. The molecule has 0 aliphatic rings. The van der Waals surface area contributed by atoms with Crippen LogP contribution in [-0.4, -0.2) is 31.5 Å². The molecule has 12 heteroatoms. The highest BCUT2D eigenvalue weighted by molar-refractivity contribution is 6.00. The van der Waals surface area contributed by atoms with Gasteiger partial charge in [-0.2, -0.15) is 13.2 Å². The number of phenols is 1. The maximum Gasteiger partial charge on any atom is 0.423 e. The molecule has 1 aromatic heterocycles. The van der Waals surface area contributed by atoms with Gasteiger partial charge in [-0.15, -0.1) is 0 Å². The van der Waals surface area contributed by atoms with E-state index in [1.807, 2.05) is 0 Å². The van der Waals surface area contributed by atoms with Crippen molar-refractivity contribution >= 4 is 11.8 Å². The number of nitrogens with two attached hydrogens (primary N) is 1. The lowest BCUT2D eigenvalue weighted by Crippen LogP contribution is -2.14. The minimum Gasteiger partial charge on any atom is -0.506 e. The fraction of sp³-hybridized carbons (Fsp3) is 0.292. The van der Waals surface area contributed by atoms with Gasteiger partial charge < -0.3 is 25.3 Å². The van der Waals surface area contributed by atoms with Gasteiger partial charge in [-0.3, -0.25) is 4.79 Å². The van der Waals surface area contributed by atoms with Crippen LogP contribution in [0.5, 0.6) is 11.5 Å². The number of phenolic OH excluding ortho intramolecular Hbond substituents is 1. The van der Waals surface area contributed by atoms with Crippen molar-refractivity contribution in [3.63, 3.8) is 0 Å². The van der Waals surface area contributed by atoms with Crippen molar-refractivity contribution in [1.29, 1.82) is 0 Å². The normalized spacial score (nSPS) is 11.1. The zero-order valence-corrected chi connectivity index (χ0v) is 19.6. The number of aryl methyl sites for hydroxylation is 1. The Balaban J connectivity index is 0.000000425. The molecule has 194 valence electrons. The molecule has 0 radical (unpaired) electrons. The third-order valence-electron chi connectivity index (χ3n) is 4.87. The number of hydrogen-bond acceptors (Lipinski definition) is 6. The summed E-state index contributed by atoms with van der Waals surface area (Å²) in [5, 5.41) is 18.4. The van der Waals surface area contributed by atoms with Crippen LogP contribution in [0.1, 0.15) is 51.4 Å². The number of ether oxygens (including phenoxy) is 1. The molecule has 0 saturated carbocycles. The largest absolute Gasteiger partial charge is 0.506 e.